The summed E-state index contributed by atoms with van der Waals surface area (Å²) in [5.41, 5.74) is 1.70. The summed E-state index contributed by atoms with van der Waals surface area (Å²) in [6, 6.07) is 15.8. The van der Waals surface area contributed by atoms with Crippen LogP contribution in [0.25, 0.3) is 0 Å². The number of amides is 1. The summed E-state index contributed by atoms with van der Waals surface area (Å²) >= 11 is 0. The Hall–Kier alpha value is -2.47. The van der Waals surface area contributed by atoms with Crippen LogP contribution in [-0.2, 0) is 11.3 Å². The highest BCUT2D eigenvalue weighted by Crippen LogP contribution is 2.17. The molecule has 0 aliphatic rings. The number of halogens is 2. The number of nitrogens with one attached hydrogen (secondary N) is 2. The molecule has 2 aromatic rings. The number of quaternary nitrogens is 1. The minimum Gasteiger partial charge on any atom is -0.435 e. The predicted octanol–water partition coefficient (Wildman–Crippen LogP) is 1.94. The zero-order chi connectivity index (χ0) is 16.7. The summed E-state index contributed by atoms with van der Waals surface area (Å²) in [5, 5.41) is 2.74. The molecule has 23 heavy (non-hydrogen) atoms. The van der Waals surface area contributed by atoms with Gasteiger partial charge in [-0.3, -0.25) is 4.79 Å². The quantitative estimate of drug-likeness (QED) is 0.818. The van der Waals surface area contributed by atoms with Crippen molar-refractivity contribution in [3.63, 3.8) is 0 Å². The number of hydrogen-bond acceptors (Lipinski definition) is 2. The number of carbonyl (C=O) groups is 1. The first-order valence-electron chi connectivity index (χ1n) is 7.23. The topological polar surface area (TPSA) is 42.8 Å². The number of benzene rings is 2. The molecule has 0 spiro atoms. The van der Waals surface area contributed by atoms with Crippen molar-refractivity contribution in [2.45, 2.75) is 13.2 Å². The van der Waals surface area contributed by atoms with Crippen molar-refractivity contribution in [3.05, 3.63) is 60.2 Å². The first-order valence-corrected chi connectivity index (χ1v) is 7.23. The minimum absolute atomic E-state index is 0.0600. The first-order chi connectivity index (χ1) is 11.0. The van der Waals surface area contributed by atoms with Gasteiger partial charge in [-0.25, -0.2) is 0 Å². The van der Waals surface area contributed by atoms with E-state index in [9.17, 15) is 13.6 Å². The molecule has 0 radical (unpaired) electrons. The molecule has 0 aliphatic heterocycles. The predicted molar refractivity (Wildman–Crippen MR) is 83.6 cm³/mol. The van der Waals surface area contributed by atoms with E-state index in [4.69, 9.17) is 0 Å². The van der Waals surface area contributed by atoms with Crippen LogP contribution in [0.15, 0.2) is 54.6 Å². The van der Waals surface area contributed by atoms with E-state index in [-0.39, 0.29) is 11.7 Å². The number of rotatable bonds is 7. The molecule has 0 saturated carbocycles. The first kappa shape index (κ1) is 16.9. The van der Waals surface area contributed by atoms with E-state index < -0.39 is 6.61 Å². The third-order valence-electron chi connectivity index (χ3n) is 3.17. The fourth-order valence-corrected chi connectivity index (χ4v) is 2.21. The monoisotopic (exact) mass is 321 g/mol. The molecule has 4 nitrogen and oxygen atoms in total. The van der Waals surface area contributed by atoms with Crippen LogP contribution in [0.1, 0.15) is 5.56 Å². The number of hydrogen-bond donors (Lipinski definition) is 2. The second-order valence-electron chi connectivity index (χ2n) is 5.25. The van der Waals surface area contributed by atoms with Gasteiger partial charge < -0.3 is 15.0 Å². The Kier molecular flexibility index (Phi) is 6.05. The van der Waals surface area contributed by atoms with Crippen molar-refractivity contribution in [2.24, 2.45) is 0 Å². The number of likely N-dealkylation sites (N-methyl/N-ethyl adjacent to an activating group) is 1. The lowest BCUT2D eigenvalue weighted by Crippen LogP contribution is -3.08. The maximum Gasteiger partial charge on any atom is 0.387 e. The van der Waals surface area contributed by atoms with Gasteiger partial charge in [0.15, 0.2) is 6.54 Å². The van der Waals surface area contributed by atoms with E-state index in [1.807, 2.05) is 37.4 Å². The molecule has 0 aliphatic carbocycles. The normalized spacial score (nSPS) is 12.0. The molecule has 0 saturated heterocycles. The van der Waals surface area contributed by atoms with Crippen LogP contribution in [0, 0.1) is 0 Å². The summed E-state index contributed by atoms with van der Waals surface area (Å²) in [4.78, 5) is 13.0. The Morgan fingerprint density at radius 3 is 2.39 bits per heavy atom. The van der Waals surface area contributed by atoms with Gasteiger partial charge in [0, 0.05) is 11.3 Å². The van der Waals surface area contributed by atoms with Gasteiger partial charge in [0.1, 0.15) is 12.3 Å². The van der Waals surface area contributed by atoms with Crippen LogP contribution in [0.5, 0.6) is 5.75 Å². The smallest absolute Gasteiger partial charge is 0.387 e. The Labute approximate surface area is 133 Å². The van der Waals surface area contributed by atoms with E-state index in [1.54, 1.807) is 0 Å². The SMILES string of the molecule is C[NH+](CC(=O)Nc1ccc(OC(F)F)cc1)Cc1ccccc1. The average molecular weight is 321 g/mol. The molecule has 1 atom stereocenters. The maximum atomic E-state index is 12.1. The van der Waals surface area contributed by atoms with Gasteiger partial charge >= 0.3 is 6.61 Å². The Bertz CT molecular complexity index is 618. The lowest BCUT2D eigenvalue weighted by atomic mass is 10.2. The van der Waals surface area contributed by atoms with Crippen LogP contribution in [0.3, 0.4) is 0 Å². The lowest BCUT2D eigenvalue weighted by molar-refractivity contribution is -0.885. The molecule has 1 amide bonds. The lowest BCUT2D eigenvalue weighted by Gasteiger charge is -2.14. The second-order valence-corrected chi connectivity index (χ2v) is 5.25. The van der Waals surface area contributed by atoms with E-state index in [2.05, 4.69) is 10.1 Å². The van der Waals surface area contributed by atoms with Gasteiger partial charge in [0.2, 0.25) is 0 Å². The molecule has 6 heteroatoms. The number of anilines is 1. The largest absolute Gasteiger partial charge is 0.435 e. The fourth-order valence-electron chi connectivity index (χ4n) is 2.21. The van der Waals surface area contributed by atoms with E-state index in [0.717, 1.165) is 17.0 Å². The fraction of sp³-hybridized carbons (Fsp3) is 0.235. The summed E-state index contributed by atoms with van der Waals surface area (Å²) < 4.78 is 28.4. The van der Waals surface area contributed by atoms with Crippen molar-refractivity contribution in [3.8, 4) is 5.75 Å². The van der Waals surface area contributed by atoms with Crippen molar-refractivity contribution >= 4 is 11.6 Å². The molecule has 0 bridgehead atoms. The van der Waals surface area contributed by atoms with Crippen molar-refractivity contribution in [2.75, 3.05) is 18.9 Å². The minimum atomic E-state index is -2.86. The van der Waals surface area contributed by atoms with Crippen LogP contribution in [-0.4, -0.2) is 26.1 Å². The Morgan fingerprint density at radius 1 is 1.13 bits per heavy atom. The van der Waals surface area contributed by atoms with E-state index in [0.29, 0.717) is 12.2 Å². The standard InChI is InChI=1S/C17H18F2N2O2/c1-21(11-13-5-3-2-4-6-13)12-16(22)20-14-7-9-15(10-8-14)23-17(18)19/h2-10,17H,11-12H2,1H3,(H,20,22)/p+1. The van der Waals surface area contributed by atoms with Crippen molar-refractivity contribution < 1.29 is 23.2 Å². The molecule has 2 rings (SSSR count). The molecule has 2 aromatic carbocycles. The van der Waals surface area contributed by atoms with Gasteiger partial charge in [-0.15, -0.1) is 0 Å². The number of ether oxygens (including phenoxy) is 1. The molecular formula is C17H19F2N2O2+. The van der Waals surface area contributed by atoms with Crippen molar-refractivity contribution in [1.29, 1.82) is 0 Å². The molecule has 2 N–H and O–H groups in total. The second kappa shape index (κ2) is 8.24. The van der Waals surface area contributed by atoms with Gasteiger partial charge in [0.05, 0.1) is 7.05 Å². The highest BCUT2D eigenvalue weighted by Gasteiger charge is 2.11. The zero-order valence-corrected chi connectivity index (χ0v) is 12.8. The van der Waals surface area contributed by atoms with Crippen LogP contribution in [0.4, 0.5) is 14.5 Å². The van der Waals surface area contributed by atoms with Crippen molar-refractivity contribution in [1.82, 2.24) is 0 Å². The summed E-state index contributed by atoms with van der Waals surface area (Å²) in [6.45, 7) is -1.80. The van der Waals surface area contributed by atoms with Crippen LogP contribution >= 0.6 is 0 Å². The van der Waals surface area contributed by atoms with E-state index >= 15 is 0 Å². The summed E-state index contributed by atoms with van der Waals surface area (Å²) in [6.07, 6.45) is 0. The Balaban J connectivity index is 1.82. The molecule has 0 aromatic heterocycles. The van der Waals surface area contributed by atoms with Gasteiger partial charge in [0.25, 0.3) is 5.91 Å². The van der Waals surface area contributed by atoms with Crippen LogP contribution < -0.4 is 15.0 Å². The molecule has 0 fully saturated rings. The van der Waals surface area contributed by atoms with Gasteiger partial charge in [-0.05, 0) is 24.3 Å². The van der Waals surface area contributed by atoms with Gasteiger partial charge in [-0.1, -0.05) is 30.3 Å². The summed E-state index contributed by atoms with van der Waals surface area (Å²) in [7, 11) is 1.94. The molecular weight excluding hydrogens is 302 g/mol. The van der Waals surface area contributed by atoms with Crippen LogP contribution in [0.2, 0.25) is 0 Å². The highest BCUT2D eigenvalue weighted by atomic mass is 19.3. The maximum absolute atomic E-state index is 12.1. The molecule has 0 heterocycles. The number of alkyl halides is 2. The molecule has 1 unspecified atom stereocenters. The van der Waals surface area contributed by atoms with Gasteiger partial charge in [-0.2, -0.15) is 8.78 Å². The Morgan fingerprint density at radius 2 is 1.78 bits per heavy atom. The zero-order valence-electron chi connectivity index (χ0n) is 12.8. The third-order valence-corrected chi connectivity index (χ3v) is 3.17. The highest BCUT2D eigenvalue weighted by molar-refractivity contribution is 5.91. The summed E-state index contributed by atoms with van der Waals surface area (Å²) in [5.74, 6) is -0.0780. The number of carbonyl (C=O) groups excluding carboxylic acids is 1. The third kappa shape index (κ3) is 6.04. The van der Waals surface area contributed by atoms with E-state index in [1.165, 1.54) is 24.3 Å². The average Bonchev–Trinajstić information content (AvgIpc) is 2.49. The molecule has 122 valence electrons.